The van der Waals surface area contributed by atoms with Crippen molar-refractivity contribution >= 4 is 5.78 Å². The Morgan fingerprint density at radius 3 is 2.12 bits per heavy atom. The van der Waals surface area contributed by atoms with E-state index in [1.807, 2.05) is 37.4 Å². The van der Waals surface area contributed by atoms with Crippen LogP contribution in [0.5, 0.6) is 0 Å². The molecule has 0 fully saturated rings. The van der Waals surface area contributed by atoms with Crippen LogP contribution in [0, 0.1) is 0 Å². The van der Waals surface area contributed by atoms with Crippen LogP contribution in [0.4, 0.5) is 0 Å². The van der Waals surface area contributed by atoms with Crippen LogP contribution in [0.1, 0.15) is 45.5 Å². The number of carbonyl (C=O) groups excluding carboxylic acids is 1. The van der Waals surface area contributed by atoms with Gasteiger partial charge in [0.05, 0.1) is 6.04 Å². The van der Waals surface area contributed by atoms with Crippen molar-refractivity contribution in [1.82, 2.24) is 4.90 Å². The molecule has 0 heterocycles. The Kier molecular flexibility index (Phi) is 9.58. The number of likely N-dealkylation sites (N-methyl/N-ethyl adjacent to an activating group) is 1. The summed E-state index contributed by atoms with van der Waals surface area (Å²) in [5.41, 5.74) is 0.810. The summed E-state index contributed by atoms with van der Waals surface area (Å²) in [6.45, 7) is 5.02. The van der Waals surface area contributed by atoms with Gasteiger partial charge in [-0.05, 0) is 20.0 Å². The molecule has 0 bridgehead atoms. The number of carbonyl (C=O) groups is 1. The van der Waals surface area contributed by atoms with E-state index >= 15 is 0 Å². The molecule has 98 valence electrons. The molecular formula is C15H27NO. The highest BCUT2D eigenvalue weighted by Gasteiger charge is 2.20. The Morgan fingerprint density at radius 2 is 1.71 bits per heavy atom. The molecule has 0 aliphatic rings. The maximum Gasteiger partial charge on any atom is 0.179 e. The van der Waals surface area contributed by atoms with E-state index in [4.69, 9.17) is 0 Å². The molecule has 0 amide bonds. The van der Waals surface area contributed by atoms with Crippen molar-refractivity contribution in [3.8, 4) is 0 Å². The number of hydrogen-bond donors (Lipinski definition) is 0. The first-order valence-electron chi connectivity index (χ1n) is 5.50. The zero-order valence-corrected chi connectivity index (χ0v) is 9.73. The number of rotatable bonds is 5. The van der Waals surface area contributed by atoms with Crippen molar-refractivity contribution < 1.29 is 4.79 Å². The second-order valence-electron chi connectivity index (χ2n) is 3.73. The Labute approximate surface area is 107 Å². The molecular weight excluding hydrogens is 210 g/mol. The van der Waals surface area contributed by atoms with E-state index in [0.29, 0.717) is 0 Å². The van der Waals surface area contributed by atoms with Crippen molar-refractivity contribution in [3.63, 3.8) is 0 Å². The van der Waals surface area contributed by atoms with Crippen LogP contribution in [0.25, 0.3) is 0 Å². The van der Waals surface area contributed by atoms with Gasteiger partial charge in [0.1, 0.15) is 0 Å². The zero-order chi connectivity index (χ0) is 11.3. The van der Waals surface area contributed by atoms with Gasteiger partial charge in [0, 0.05) is 5.56 Å². The minimum Gasteiger partial charge on any atom is -0.297 e. The second kappa shape index (κ2) is 8.94. The molecule has 1 rings (SSSR count). The van der Waals surface area contributed by atoms with E-state index in [9.17, 15) is 4.79 Å². The highest BCUT2D eigenvalue weighted by atomic mass is 16.1. The summed E-state index contributed by atoms with van der Waals surface area (Å²) < 4.78 is 0. The smallest absolute Gasteiger partial charge is 0.179 e. The number of benzene rings is 1. The molecule has 0 spiro atoms. The van der Waals surface area contributed by atoms with Crippen molar-refractivity contribution in [2.75, 3.05) is 13.6 Å². The largest absolute Gasteiger partial charge is 0.297 e. The first kappa shape index (κ1) is 18.2. The predicted molar refractivity (Wildman–Crippen MR) is 76.6 cm³/mol. The van der Waals surface area contributed by atoms with Crippen molar-refractivity contribution in [2.45, 2.75) is 41.2 Å². The lowest BCUT2D eigenvalue weighted by atomic mass is 10.0. The van der Waals surface area contributed by atoms with Gasteiger partial charge in [-0.3, -0.25) is 9.69 Å². The Hall–Kier alpha value is -1.15. The van der Waals surface area contributed by atoms with E-state index < -0.39 is 0 Å². The maximum absolute atomic E-state index is 12.1. The van der Waals surface area contributed by atoms with Crippen LogP contribution >= 0.6 is 0 Å². The Bertz CT molecular complexity index is 308. The lowest BCUT2D eigenvalue weighted by Crippen LogP contribution is -2.37. The summed E-state index contributed by atoms with van der Waals surface area (Å²) >= 11 is 0. The molecule has 0 radical (unpaired) electrons. The molecule has 2 heteroatoms. The highest BCUT2D eigenvalue weighted by Crippen LogP contribution is 2.10. The molecule has 2 nitrogen and oxygen atoms in total. The van der Waals surface area contributed by atoms with Crippen molar-refractivity contribution in [1.29, 1.82) is 0 Å². The molecule has 0 aromatic heterocycles. The van der Waals surface area contributed by atoms with Crippen LogP contribution in [-0.4, -0.2) is 30.3 Å². The molecule has 1 aromatic carbocycles. The van der Waals surface area contributed by atoms with Crippen molar-refractivity contribution in [2.24, 2.45) is 0 Å². The fourth-order valence-corrected chi connectivity index (χ4v) is 1.71. The van der Waals surface area contributed by atoms with Gasteiger partial charge in [0.25, 0.3) is 0 Å². The molecule has 1 aromatic rings. The first-order chi connectivity index (χ1) is 7.20. The minimum absolute atomic E-state index is 0. The molecule has 0 saturated heterocycles. The average Bonchev–Trinajstić information content (AvgIpc) is 2.30. The lowest BCUT2D eigenvalue weighted by Gasteiger charge is -2.24. The molecule has 0 aliphatic carbocycles. The van der Waals surface area contributed by atoms with E-state index in [1.165, 1.54) is 0 Å². The van der Waals surface area contributed by atoms with Gasteiger partial charge < -0.3 is 0 Å². The summed E-state index contributed by atoms with van der Waals surface area (Å²) in [6, 6.07) is 9.53. The van der Waals surface area contributed by atoms with Gasteiger partial charge in [-0.2, -0.15) is 0 Å². The topological polar surface area (TPSA) is 20.3 Å². The van der Waals surface area contributed by atoms with Gasteiger partial charge in [-0.1, -0.05) is 59.0 Å². The predicted octanol–water partition coefficient (Wildman–Crippen LogP) is 3.87. The average molecular weight is 237 g/mol. The quantitative estimate of drug-likeness (QED) is 0.724. The van der Waals surface area contributed by atoms with Crippen LogP contribution in [0.15, 0.2) is 30.3 Å². The molecule has 0 N–H and O–H groups in total. The number of Topliss-reactive ketones (excluding diaryl/α,β-unsaturated/α-hetero) is 1. The molecule has 17 heavy (non-hydrogen) atoms. The van der Waals surface area contributed by atoms with E-state index in [-0.39, 0.29) is 26.7 Å². The monoisotopic (exact) mass is 237 g/mol. The highest BCUT2D eigenvalue weighted by molar-refractivity contribution is 6.00. The number of nitrogens with zero attached hydrogens (tertiary/aromatic N) is 1. The van der Waals surface area contributed by atoms with Crippen LogP contribution < -0.4 is 0 Å². The van der Waals surface area contributed by atoms with Gasteiger partial charge in [0.2, 0.25) is 0 Å². The van der Waals surface area contributed by atoms with Gasteiger partial charge >= 0.3 is 0 Å². The number of hydrogen-bond acceptors (Lipinski definition) is 2. The summed E-state index contributed by atoms with van der Waals surface area (Å²) in [7, 11) is 2.00. The third-order valence-corrected chi connectivity index (χ3v) is 2.78. The lowest BCUT2D eigenvalue weighted by molar-refractivity contribution is 0.0852. The van der Waals surface area contributed by atoms with E-state index in [2.05, 4.69) is 18.7 Å². The normalized spacial score (nSPS) is 11.3. The third kappa shape index (κ3) is 4.70. The maximum atomic E-state index is 12.1. The van der Waals surface area contributed by atoms with Crippen LogP contribution in [0.3, 0.4) is 0 Å². The van der Waals surface area contributed by atoms with E-state index in [1.54, 1.807) is 0 Å². The van der Waals surface area contributed by atoms with Crippen molar-refractivity contribution in [3.05, 3.63) is 35.9 Å². The Balaban J connectivity index is 0. The molecule has 0 saturated carbocycles. The van der Waals surface area contributed by atoms with Gasteiger partial charge in [-0.15, -0.1) is 0 Å². The fourth-order valence-electron chi connectivity index (χ4n) is 1.71. The van der Waals surface area contributed by atoms with Crippen LogP contribution in [-0.2, 0) is 0 Å². The number of ketones is 1. The standard InChI is InChI=1S/C13H19NO.2CH4/c1-4-12(14(3)5-2)13(15)11-9-7-6-8-10-11;;/h6-10,12H,4-5H2,1-3H3;2*1H4. The first-order valence-corrected chi connectivity index (χ1v) is 5.50. The summed E-state index contributed by atoms with van der Waals surface area (Å²) in [6.07, 6.45) is 0.859. The van der Waals surface area contributed by atoms with Gasteiger partial charge in [-0.25, -0.2) is 0 Å². The summed E-state index contributed by atoms with van der Waals surface area (Å²) in [5.74, 6) is 0.224. The minimum atomic E-state index is 0. The fraction of sp³-hybridized carbons (Fsp3) is 0.533. The second-order valence-corrected chi connectivity index (χ2v) is 3.73. The summed E-state index contributed by atoms with van der Waals surface area (Å²) in [5, 5.41) is 0. The Morgan fingerprint density at radius 1 is 1.18 bits per heavy atom. The zero-order valence-electron chi connectivity index (χ0n) is 9.73. The molecule has 1 unspecified atom stereocenters. The molecule has 1 atom stereocenters. The third-order valence-electron chi connectivity index (χ3n) is 2.78. The summed E-state index contributed by atoms with van der Waals surface area (Å²) in [4.78, 5) is 14.2. The SMILES string of the molecule is C.C.CCC(C(=O)c1ccccc1)N(C)CC. The van der Waals surface area contributed by atoms with E-state index in [0.717, 1.165) is 18.5 Å². The van der Waals surface area contributed by atoms with Gasteiger partial charge in [0.15, 0.2) is 5.78 Å². The molecule has 0 aliphatic heterocycles. The van der Waals surface area contributed by atoms with Crippen LogP contribution in [0.2, 0.25) is 0 Å².